The Morgan fingerprint density at radius 1 is 1.32 bits per heavy atom. The summed E-state index contributed by atoms with van der Waals surface area (Å²) in [5.74, 6) is -1.37. The molecule has 0 bridgehead atoms. The van der Waals surface area contributed by atoms with Crippen molar-refractivity contribution in [2.75, 3.05) is 12.8 Å². The Kier molecular flexibility index (Phi) is 4.18. The highest BCUT2D eigenvalue weighted by Gasteiger charge is 2.45. The van der Waals surface area contributed by atoms with E-state index in [1.165, 1.54) is 16.7 Å². The molecule has 8 nitrogen and oxygen atoms in total. The number of ether oxygens (including phenoxy) is 2. The maximum atomic E-state index is 14.2. The van der Waals surface area contributed by atoms with E-state index in [4.69, 9.17) is 15.2 Å². The van der Waals surface area contributed by atoms with Crippen molar-refractivity contribution in [2.45, 2.75) is 38.7 Å². The molecule has 2 aliphatic rings. The van der Waals surface area contributed by atoms with Gasteiger partial charge in [-0.25, -0.2) is 14.2 Å². The van der Waals surface area contributed by atoms with Gasteiger partial charge in [-0.15, -0.1) is 0 Å². The molecule has 0 saturated heterocycles. The number of methoxy groups -OCH3 is 1. The zero-order valence-electron chi connectivity index (χ0n) is 17.0. The van der Waals surface area contributed by atoms with Gasteiger partial charge in [0.25, 0.3) is 5.56 Å². The Balaban J connectivity index is 1.84. The van der Waals surface area contributed by atoms with E-state index in [9.17, 15) is 19.1 Å². The molecule has 0 aliphatic carbocycles. The van der Waals surface area contributed by atoms with Gasteiger partial charge in [0, 0.05) is 29.7 Å². The van der Waals surface area contributed by atoms with Crippen LogP contribution in [0.2, 0.25) is 0 Å². The van der Waals surface area contributed by atoms with E-state index in [-0.39, 0.29) is 48.6 Å². The number of benzene rings is 1. The summed E-state index contributed by atoms with van der Waals surface area (Å²) >= 11 is 0. The number of aromatic nitrogens is 2. The van der Waals surface area contributed by atoms with Gasteiger partial charge in [-0.3, -0.25) is 4.79 Å². The van der Waals surface area contributed by atoms with Crippen LogP contribution in [0.4, 0.5) is 10.1 Å². The number of hydrogen-bond donors (Lipinski definition) is 2. The van der Waals surface area contributed by atoms with Crippen LogP contribution in [-0.2, 0) is 39.6 Å². The number of hydrogen-bond acceptors (Lipinski definition) is 7. The van der Waals surface area contributed by atoms with Crippen LogP contribution in [-0.4, -0.2) is 27.7 Å². The molecule has 4 heterocycles. The first-order chi connectivity index (χ1) is 14.8. The molecule has 2 aromatic heterocycles. The Morgan fingerprint density at radius 2 is 2.10 bits per heavy atom. The molecule has 0 unspecified atom stereocenters. The third-order valence-electron chi connectivity index (χ3n) is 6.21. The zero-order chi connectivity index (χ0) is 22.1. The lowest BCUT2D eigenvalue weighted by molar-refractivity contribution is -0.172. The molecule has 0 amide bonds. The quantitative estimate of drug-likeness (QED) is 0.381. The van der Waals surface area contributed by atoms with Crippen molar-refractivity contribution >= 4 is 22.6 Å². The molecule has 160 valence electrons. The molecule has 0 radical (unpaired) electrons. The van der Waals surface area contributed by atoms with Gasteiger partial charge in [-0.2, -0.15) is 0 Å². The van der Waals surface area contributed by atoms with Crippen molar-refractivity contribution in [3.63, 3.8) is 0 Å². The van der Waals surface area contributed by atoms with E-state index in [2.05, 4.69) is 4.98 Å². The SMILES string of the molecule is CC[C@@]1(O)C(=O)OCc2c1cc1n(c2=O)Cc2c-1nc1cc(F)c(N)cc1c2COC. The zero-order valence-corrected chi connectivity index (χ0v) is 17.0. The van der Waals surface area contributed by atoms with Crippen molar-refractivity contribution in [2.24, 2.45) is 0 Å². The van der Waals surface area contributed by atoms with Crippen LogP contribution in [0.15, 0.2) is 23.0 Å². The van der Waals surface area contributed by atoms with Crippen LogP contribution >= 0.6 is 0 Å². The van der Waals surface area contributed by atoms with Gasteiger partial charge >= 0.3 is 5.97 Å². The summed E-state index contributed by atoms with van der Waals surface area (Å²) in [7, 11) is 1.54. The van der Waals surface area contributed by atoms with E-state index in [1.807, 2.05) is 0 Å². The smallest absolute Gasteiger partial charge is 0.343 e. The Morgan fingerprint density at radius 3 is 2.81 bits per heavy atom. The topological polar surface area (TPSA) is 117 Å². The first-order valence-corrected chi connectivity index (χ1v) is 9.86. The number of pyridine rings is 2. The Bertz CT molecular complexity index is 1350. The predicted molar refractivity (Wildman–Crippen MR) is 110 cm³/mol. The largest absolute Gasteiger partial charge is 0.458 e. The molecule has 1 aromatic carbocycles. The van der Waals surface area contributed by atoms with Gasteiger partial charge in [0.1, 0.15) is 12.4 Å². The number of halogens is 1. The molecule has 3 aromatic rings. The van der Waals surface area contributed by atoms with Gasteiger partial charge in [0.15, 0.2) is 5.60 Å². The van der Waals surface area contributed by atoms with Crippen molar-refractivity contribution in [1.82, 2.24) is 9.55 Å². The van der Waals surface area contributed by atoms with Crippen LogP contribution < -0.4 is 11.3 Å². The summed E-state index contributed by atoms with van der Waals surface area (Å²) in [6, 6.07) is 4.39. The molecular weight excluding hydrogens is 405 g/mol. The van der Waals surface area contributed by atoms with Gasteiger partial charge < -0.3 is 24.9 Å². The maximum Gasteiger partial charge on any atom is 0.343 e. The minimum Gasteiger partial charge on any atom is -0.458 e. The monoisotopic (exact) mass is 425 g/mol. The summed E-state index contributed by atoms with van der Waals surface area (Å²) in [5, 5.41) is 11.6. The molecule has 9 heteroatoms. The van der Waals surface area contributed by atoms with Crippen LogP contribution in [0.1, 0.15) is 35.6 Å². The lowest BCUT2D eigenvalue weighted by atomic mass is 9.86. The second-order valence-corrected chi connectivity index (χ2v) is 7.84. The lowest BCUT2D eigenvalue weighted by Crippen LogP contribution is -2.44. The fourth-order valence-electron chi connectivity index (χ4n) is 4.51. The average Bonchev–Trinajstić information content (AvgIpc) is 3.11. The lowest BCUT2D eigenvalue weighted by Gasteiger charge is -2.31. The van der Waals surface area contributed by atoms with Crippen LogP contribution in [0.5, 0.6) is 0 Å². The van der Waals surface area contributed by atoms with Gasteiger partial charge in [0.05, 0.1) is 41.3 Å². The first kappa shape index (κ1) is 19.7. The molecule has 0 fully saturated rings. The van der Waals surface area contributed by atoms with E-state index in [0.717, 1.165) is 11.1 Å². The van der Waals surface area contributed by atoms with Crippen LogP contribution in [0.3, 0.4) is 0 Å². The van der Waals surface area contributed by atoms with E-state index >= 15 is 0 Å². The molecule has 1 atom stereocenters. The second kappa shape index (κ2) is 6.60. The summed E-state index contributed by atoms with van der Waals surface area (Å²) < 4.78 is 26.1. The van der Waals surface area contributed by atoms with Crippen molar-refractivity contribution in [1.29, 1.82) is 0 Å². The van der Waals surface area contributed by atoms with E-state index < -0.39 is 17.4 Å². The fraction of sp³-hybridized carbons (Fsp3) is 0.318. The van der Waals surface area contributed by atoms with Crippen molar-refractivity contribution in [3.8, 4) is 11.4 Å². The minimum atomic E-state index is -1.90. The predicted octanol–water partition coefficient (Wildman–Crippen LogP) is 1.95. The Hall–Kier alpha value is -3.30. The standard InChI is InChI=1S/C22H20FN3O5/c1-3-22(29)14-5-18-19-11(7-26(18)20(27)13(14)9-31-21(22)28)12(8-30-2)10-4-16(24)15(23)6-17(10)25-19/h4-6,29H,3,7-9,24H2,1-2H3/t22-/m0/s1. The van der Waals surface area contributed by atoms with Gasteiger partial charge in [-0.05, 0) is 24.1 Å². The molecular formula is C22H20FN3O5. The maximum absolute atomic E-state index is 14.2. The van der Waals surface area contributed by atoms with Gasteiger partial charge in [0.2, 0.25) is 0 Å². The number of cyclic esters (lactones) is 1. The Labute approximate surface area is 176 Å². The summed E-state index contributed by atoms with van der Waals surface area (Å²) in [5.41, 5.74) is 6.82. The summed E-state index contributed by atoms with van der Waals surface area (Å²) in [6.07, 6.45) is 0.0547. The number of nitrogens with two attached hydrogens (primary N) is 1. The number of aliphatic hydroxyl groups is 1. The van der Waals surface area contributed by atoms with Gasteiger partial charge in [-0.1, -0.05) is 6.92 Å². The molecule has 5 rings (SSSR count). The summed E-state index contributed by atoms with van der Waals surface area (Å²) in [4.78, 5) is 30.2. The highest BCUT2D eigenvalue weighted by molar-refractivity contribution is 5.90. The third kappa shape index (κ3) is 2.56. The minimum absolute atomic E-state index is 0.00147. The average molecular weight is 425 g/mol. The summed E-state index contributed by atoms with van der Waals surface area (Å²) in [6.45, 7) is 1.89. The van der Waals surface area contributed by atoms with Crippen LogP contribution in [0, 0.1) is 5.82 Å². The fourth-order valence-corrected chi connectivity index (χ4v) is 4.51. The second-order valence-electron chi connectivity index (χ2n) is 7.84. The van der Waals surface area contributed by atoms with Crippen LogP contribution in [0.25, 0.3) is 22.3 Å². The number of rotatable bonds is 3. The molecule has 31 heavy (non-hydrogen) atoms. The highest BCUT2D eigenvalue weighted by atomic mass is 19.1. The number of fused-ring (bicyclic) bond motifs is 5. The molecule has 3 N–H and O–H groups in total. The molecule has 0 saturated carbocycles. The number of carbonyl (C=O) groups excluding carboxylic acids is 1. The molecule has 2 aliphatic heterocycles. The number of carbonyl (C=O) groups is 1. The first-order valence-electron chi connectivity index (χ1n) is 9.86. The third-order valence-corrected chi connectivity index (χ3v) is 6.21. The van der Waals surface area contributed by atoms with E-state index in [1.54, 1.807) is 20.1 Å². The number of nitrogens with zero attached hydrogens (tertiary/aromatic N) is 2. The normalized spacial score (nSPS) is 19.2. The molecule has 0 spiro atoms. The van der Waals surface area contributed by atoms with Crippen molar-refractivity contribution in [3.05, 3.63) is 56.6 Å². The number of nitrogen functional groups attached to an aromatic ring is 1. The number of anilines is 1. The van der Waals surface area contributed by atoms with Crippen molar-refractivity contribution < 1.29 is 23.8 Å². The van der Waals surface area contributed by atoms with E-state index in [0.29, 0.717) is 22.3 Å². The number of esters is 1. The highest BCUT2D eigenvalue weighted by Crippen LogP contribution is 2.40.